The SMILES string of the molecule is Cc1ccc(-c2cc(=O)n3nc(N4CCCC4C(=O)O)sc3n2)cc1. The zero-order chi connectivity index (χ0) is 17.6. The Morgan fingerprint density at radius 3 is 2.80 bits per heavy atom. The van der Waals surface area contributed by atoms with Gasteiger partial charge in [0, 0.05) is 18.2 Å². The zero-order valence-corrected chi connectivity index (χ0v) is 14.4. The molecule has 0 aliphatic carbocycles. The third-order valence-corrected chi connectivity index (χ3v) is 5.31. The van der Waals surface area contributed by atoms with E-state index < -0.39 is 12.0 Å². The summed E-state index contributed by atoms with van der Waals surface area (Å²) in [6.45, 7) is 2.62. The lowest BCUT2D eigenvalue weighted by molar-refractivity contribution is -0.138. The molecule has 7 nitrogen and oxygen atoms in total. The normalized spacial score (nSPS) is 17.3. The largest absolute Gasteiger partial charge is 0.480 e. The number of carboxylic acids is 1. The zero-order valence-electron chi connectivity index (χ0n) is 13.5. The van der Waals surface area contributed by atoms with Gasteiger partial charge in [-0.1, -0.05) is 41.2 Å². The summed E-state index contributed by atoms with van der Waals surface area (Å²) in [7, 11) is 0. The number of aliphatic carboxylic acids is 1. The number of fused-ring (bicyclic) bond motifs is 1. The molecule has 1 aromatic carbocycles. The molecule has 25 heavy (non-hydrogen) atoms. The molecule has 0 bridgehead atoms. The van der Waals surface area contributed by atoms with Crippen molar-refractivity contribution in [2.24, 2.45) is 0 Å². The molecule has 128 valence electrons. The highest BCUT2D eigenvalue weighted by atomic mass is 32.1. The van der Waals surface area contributed by atoms with Gasteiger partial charge in [-0.3, -0.25) is 4.79 Å². The van der Waals surface area contributed by atoms with Crippen molar-refractivity contribution in [3.05, 3.63) is 46.2 Å². The van der Waals surface area contributed by atoms with Crippen LogP contribution in [-0.2, 0) is 4.79 Å². The van der Waals surface area contributed by atoms with E-state index in [0.29, 0.717) is 28.8 Å². The van der Waals surface area contributed by atoms with Gasteiger partial charge in [-0.2, -0.15) is 4.52 Å². The summed E-state index contributed by atoms with van der Waals surface area (Å²) in [5.74, 6) is -0.864. The minimum absolute atomic E-state index is 0.269. The minimum Gasteiger partial charge on any atom is -0.480 e. The summed E-state index contributed by atoms with van der Waals surface area (Å²) < 4.78 is 1.24. The van der Waals surface area contributed by atoms with Crippen molar-refractivity contribution in [2.75, 3.05) is 11.4 Å². The lowest BCUT2D eigenvalue weighted by Gasteiger charge is -2.19. The molecule has 1 atom stereocenters. The van der Waals surface area contributed by atoms with Gasteiger partial charge in [-0.25, -0.2) is 9.78 Å². The van der Waals surface area contributed by atoms with Crippen molar-refractivity contribution >= 4 is 27.4 Å². The average molecular weight is 356 g/mol. The molecule has 0 saturated carbocycles. The first kappa shape index (κ1) is 15.8. The summed E-state index contributed by atoms with van der Waals surface area (Å²) in [4.78, 5) is 30.6. The van der Waals surface area contributed by atoms with E-state index in [0.717, 1.165) is 17.5 Å². The van der Waals surface area contributed by atoms with Crippen LogP contribution in [0.1, 0.15) is 18.4 Å². The van der Waals surface area contributed by atoms with Crippen LogP contribution in [0, 0.1) is 6.92 Å². The molecule has 1 fully saturated rings. The number of hydrogen-bond acceptors (Lipinski definition) is 6. The molecule has 8 heteroatoms. The molecule has 1 aliphatic heterocycles. The minimum atomic E-state index is -0.864. The maximum atomic E-state index is 12.4. The van der Waals surface area contributed by atoms with E-state index in [1.807, 2.05) is 31.2 Å². The first-order chi connectivity index (χ1) is 12.0. The third kappa shape index (κ3) is 2.78. The van der Waals surface area contributed by atoms with E-state index >= 15 is 0 Å². The molecule has 1 saturated heterocycles. The van der Waals surface area contributed by atoms with Gasteiger partial charge in [0.25, 0.3) is 5.56 Å². The Kier molecular flexibility index (Phi) is 3.76. The van der Waals surface area contributed by atoms with Crippen LogP contribution in [0.2, 0.25) is 0 Å². The lowest BCUT2D eigenvalue weighted by Crippen LogP contribution is -2.36. The summed E-state index contributed by atoms with van der Waals surface area (Å²) >= 11 is 1.25. The molecule has 1 N–H and O–H groups in total. The molecule has 1 aliphatic rings. The van der Waals surface area contributed by atoms with Gasteiger partial charge < -0.3 is 10.0 Å². The standard InChI is InChI=1S/C17H16N4O3S/c1-10-4-6-11(7-5-10)12-9-14(22)21-16(18-12)25-17(19-21)20-8-2-3-13(20)15(23)24/h4-7,9,13H,2-3,8H2,1H3,(H,23,24). The van der Waals surface area contributed by atoms with Crippen LogP contribution in [0.5, 0.6) is 0 Å². The van der Waals surface area contributed by atoms with Crippen LogP contribution in [0.4, 0.5) is 5.13 Å². The maximum Gasteiger partial charge on any atom is 0.326 e. The molecule has 0 spiro atoms. The summed E-state index contributed by atoms with van der Waals surface area (Å²) in [5.41, 5.74) is 2.32. The van der Waals surface area contributed by atoms with E-state index in [9.17, 15) is 14.7 Å². The van der Waals surface area contributed by atoms with Gasteiger partial charge in [-0.05, 0) is 19.8 Å². The fourth-order valence-electron chi connectivity index (χ4n) is 3.04. The van der Waals surface area contributed by atoms with E-state index in [2.05, 4.69) is 10.1 Å². The fourth-order valence-corrected chi connectivity index (χ4v) is 4.02. The number of hydrogen-bond donors (Lipinski definition) is 1. The summed E-state index contributed by atoms with van der Waals surface area (Å²) in [6, 6.07) is 8.66. The van der Waals surface area contributed by atoms with Gasteiger partial charge in [0.2, 0.25) is 10.1 Å². The van der Waals surface area contributed by atoms with Crippen LogP contribution >= 0.6 is 11.3 Å². The highest BCUT2D eigenvalue weighted by Crippen LogP contribution is 2.29. The van der Waals surface area contributed by atoms with Crippen molar-refractivity contribution < 1.29 is 9.90 Å². The Hall–Kier alpha value is -2.74. The molecular weight excluding hydrogens is 340 g/mol. The Balaban J connectivity index is 1.78. The Morgan fingerprint density at radius 2 is 2.08 bits per heavy atom. The Labute approximate surface area is 147 Å². The maximum absolute atomic E-state index is 12.4. The second kappa shape index (κ2) is 5.96. The molecule has 2 aromatic heterocycles. The van der Waals surface area contributed by atoms with Crippen molar-refractivity contribution in [3.63, 3.8) is 0 Å². The van der Waals surface area contributed by atoms with Crippen LogP contribution in [0.3, 0.4) is 0 Å². The first-order valence-corrected chi connectivity index (χ1v) is 8.82. The molecule has 3 heterocycles. The molecule has 0 radical (unpaired) electrons. The Morgan fingerprint density at radius 1 is 1.32 bits per heavy atom. The monoisotopic (exact) mass is 356 g/mol. The van der Waals surface area contributed by atoms with E-state index in [1.165, 1.54) is 21.9 Å². The lowest BCUT2D eigenvalue weighted by atomic mass is 10.1. The van der Waals surface area contributed by atoms with Gasteiger partial charge in [0.1, 0.15) is 6.04 Å². The predicted octanol–water partition coefficient (Wildman–Crippen LogP) is 2.18. The fraction of sp³-hybridized carbons (Fsp3) is 0.294. The molecule has 1 unspecified atom stereocenters. The second-order valence-electron chi connectivity index (χ2n) is 6.11. The first-order valence-electron chi connectivity index (χ1n) is 8.00. The van der Waals surface area contributed by atoms with Gasteiger partial charge >= 0.3 is 5.97 Å². The highest BCUT2D eigenvalue weighted by Gasteiger charge is 2.33. The van der Waals surface area contributed by atoms with Crippen LogP contribution < -0.4 is 10.5 Å². The van der Waals surface area contributed by atoms with Crippen LogP contribution in [0.15, 0.2) is 35.1 Å². The van der Waals surface area contributed by atoms with E-state index in [1.54, 1.807) is 4.90 Å². The average Bonchev–Trinajstić information content (AvgIpc) is 3.22. The van der Waals surface area contributed by atoms with Gasteiger partial charge in [0.15, 0.2) is 0 Å². The number of benzene rings is 1. The predicted molar refractivity (Wildman–Crippen MR) is 95.3 cm³/mol. The van der Waals surface area contributed by atoms with Crippen LogP contribution in [-0.4, -0.2) is 38.3 Å². The highest BCUT2D eigenvalue weighted by molar-refractivity contribution is 7.20. The molecule has 0 amide bonds. The van der Waals surface area contributed by atoms with Crippen molar-refractivity contribution in [2.45, 2.75) is 25.8 Å². The number of carbonyl (C=O) groups is 1. The van der Waals surface area contributed by atoms with Crippen molar-refractivity contribution in [1.29, 1.82) is 0 Å². The molecule has 4 rings (SSSR count). The van der Waals surface area contributed by atoms with E-state index in [4.69, 9.17) is 0 Å². The smallest absolute Gasteiger partial charge is 0.326 e. The second-order valence-corrected chi connectivity index (χ2v) is 7.05. The number of rotatable bonds is 3. The van der Waals surface area contributed by atoms with Crippen LogP contribution in [0.25, 0.3) is 16.2 Å². The number of nitrogens with zero attached hydrogens (tertiary/aromatic N) is 4. The molecular formula is C17H16N4O3S. The van der Waals surface area contributed by atoms with Gasteiger partial charge in [0.05, 0.1) is 5.69 Å². The Bertz CT molecular complexity index is 1010. The van der Waals surface area contributed by atoms with Gasteiger partial charge in [-0.15, -0.1) is 5.10 Å². The van der Waals surface area contributed by atoms with Crippen molar-refractivity contribution in [1.82, 2.24) is 14.6 Å². The van der Waals surface area contributed by atoms with Crippen molar-refractivity contribution in [3.8, 4) is 11.3 Å². The van der Waals surface area contributed by atoms with E-state index in [-0.39, 0.29) is 5.56 Å². The summed E-state index contributed by atoms with van der Waals surface area (Å²) in [5, 5.41) is 14.2. The molecule has 3 aromatic rings. The number of aromatic nitrogens is 3. The third-order valence-electron chi connectivity index (χ3n) is 4.37. The number of aryl methyl sites for hydroxylation is 1. The topological polar surface area (TPSA) is 87.8 Å². The number of carboxylic acid groups (broad SMARTS) is 1. The quantitative estimate of drug-likeness (QED) is 0.774. The number of anilines is 1. The summed E-state index contributed by atoms with van der Waals surface area (Å²) in [6.07, 6.45) is 1.38.